The molecule has 4 aromatic rings. The molecule has 0 fully saturated rings. The number of benzene rings is 1. The molecule has 0 aliphatic carbocycles. The van der Waals surface area contributed by atoms with Crippen molar-refractivity contribution in [2.24, 2.45) is 7.05 Å². The number of rotatable bonds is 5. The van der Waals surface area contributed by atoms with Gasteiger partial charge in [0.1, 0.15) is 5.82 Å². The van der Waals surface area contributed by atoms with Crippen LogP contribution < -0.4 is 5.32 Å². The Bertz CT molecular complexity index is 1090. The summed E-state index contributed by atoms with van der Waals surface area (Å²) in [4.78, 5) is 21.2. The Morgan fingerprint density at radius 3 is 2.74 bits per heavy atom. The minimum atomic E-state index is -0.0610. The van der Waals surface area contributed by atoms with Crippen LogP contribution >= 0.6 is 0 Å². The van der Waals surface area contributed by atoms with E-state index >= 15 is 0 Å². The first-order valence-corrected chi connectivity index (χ1v) is 8.77. The summed E-state index contributed by atoms with van der Waals surface area (Å²) in [7, 11) is 1.87. The molecule has 3 aromatic heterocycles. The molecule has 0 unspecified atom stereocenters. The van der Waals surface area contributed by atoms with E-state index in [1.54, 1.807) is 23.1 Å². The maximum absolute atomic E-state index is 12.2. The monoisotopic (exact) mass is 357 g/mol. The molecule has 0 bridgehead atoms. The highest BCUT2D eigenvalue weighted by atomic mass is 16.1. The van der Waals surface area contributed by atoms with Gasteiger partial charge in [-0.25, -0.2) is 9.97 Å². The Morgan fingerprint density at radius 1 is 1.11 bits per heavy atom. The number of fused-ring (bicyclic) bond motifs is 1. The Kier molecular flexibility index (Phi) is 4.61. The van der Waals surface area contributed by atoms with Crippen LogP contribution in [0.4, 0.5) is 5.82 Å². The van der Waals surface area contributed by atoms with Crippen LogP contribution in [0.25, 0.3) is 22.2 Å². The van der Waals surface area contributed by atoms with E-state index in [0.29, 0.717) is 18.7 Å². The molecule has 1 N–H and O–H groups in total. The minimum Gasteiger partial charge on any atom is -0.311 e. The van der Waals surface area contributed by atoms with E-state index in [4.69, 9.17) is 0 Å². The molecule has 1 aromatic carbocycles. The number of aromatic nitrogens is 4. The number of pyridine rings is 2. The number of nitrogens with zero attached hydrogens (tertiary/aromatic N) is 4. The largest absolute Gasteiger partial charge is 0.311 e. The maximum Gasteiger partial charge on any atom is 0.225 e. The molecule has 0 saturated carbocycles. The van der Waals surface area contributed by atoms with Gasteiger partial charge in [-0.05, 0) is 24.1 Å². The third kappa shape index (κ3) is 4.00. The zero-order chi connectivity index (χ0) is 18.6. The van der Waals surface area contributed by atoms with E-state index in [1.807, 2.05) is 55.7 Å². The number of anilines is 1. The minimum absolute atomic E-state index is 0.0610. The average Bonchev–Trinajstić information content (AvgIpc) is 3.13. The first-order chi connectivity index (χ1) is 13.2. The zero-order valence-electron chi connectivity index (χ0n) is 15.0. The molecule has 0 aliphatic rings. The summed E-state index contributed by atoms with van der Waals surface area (Å²) in [5.74, 6) is 0.450. The molecule has 0 radical (unpaired) electrons. The van der Waals surface area contributed by atoms with Crippen molar-refractivity contribution < 1.29 is 4.79 Å². The topological polar surface area (TPSA) is 72.7 Å². The molecule has 0 spiro atoms. The van der Waals surface area contributed by atoms with Crippen molar-refractivity contribution in [3.05, 3.63) is 72.7 Å². The quantitative estimate of drug-likeness (QED) is 0.592. The number of hydrogen-bond donors (Lipinski definition) is 1. The normalized spacial score (nSPS) is 10.9. The fourth-order valence-electron chi connectivity index (χ4n) is 2.91. The molecule has 3 heterocycles. The van der Waals surface area contributed by atoms with Gasteiger partial charge >= 0.3 is 0 Å². The standard InChI is InChI=1S/C21H19N5O/c1-26-14-17(13-23-26)18-9-8-16-12-22-20(11-19(16)24-18)25-21(27)10-7-15-5-3-2-4-6-15/h2-6,8-9,11-14H,7,10H2,1H3,(H,22,25,27). The van der Waals surface area contributed by atoms with Gasteiger partial charge in [0.2, 0.25) is 5.91 Å². The average molecular weight is 357 g/mol. The van der Waals surface area contributed by atoms with Crippen LogP contribution in [0.15, 0.2) is 67.1 Å². The SMILES string of the molecule is Cn1cc(-c2ccc3cnc(NC(=O)CCc4ccccc4)cc3n2)cn1. The summed E-state index contributed by atoms with van der Waals surface area (Å²) < 4.78 is 1.74. The van der Waals surface area contributed by atoms with Gasteiger partial charge in [-0.2, -0.15) is 5.10 Å². The summed E-state index contributed by atoms with van der Waals surface area (Å²) in [5, 5.41) is 7.97. The van der Waals surface area contributed by atoms with Gasteiger partial charge in [0.25, 0.3) is 0 Å². The first kappa shape index (κ1) is 16.9. The van der Waals surface area contributed by atoms with Crippen LogP contribution in [0, 0.1) is 0 Å². The van der Waals surface area contributed by atoms with Crippen molar-refractivity contribution in [2.75, 3.05) is 5.32 Å². The second-order valence-electron chi connectivity index (χ2n) is 6.40. The molecule has 6 heteroatoms. The van der Waals surface area contributed by atoms with Crippen molar-refractivity contribution in [3.63, 3.8) is 0 Å². The molecule has 4 rings (SSSR count). The lowest BCUT2D eigenvalue weighted by Crippen LogP contribution is -2.13. The van der Waals surface area contributed by atoms with Crippen molar-refractivity contribution >= 4 is 22.6 Å². The highest BCUT2D eigenvalue weighted by molar-refractivity contribution is 5.92. The lowest BCUT2D eigenvalue weighted by molar-refractivity contribution is -0.116. The summed E-state index contributed by atoms with van der Waals surface area (Å²) >= 11 is 0. The van der Waals surface area contributed by atoms with E-state index in [1.165, 1.54) is 0 Å². The predicted octanol–water partition coefficient (Wildman–Crippen LogP) is 3.60. The predicted molar refractivity (Wildman–Crippen MR) is 105 cm³/mol. The third-order valence-electron chi connectivity index (χ3n) is 4.33. The molecule has 134 valence electrons. The van der Waals surface area contributed by atoms with E-state index in [-0.39, 0.29) is 5.91 Å². The van der Waals surface area contributed by atoms with E-state index in [0.717, 1.165) is 27.7 Å². The van der Waals surface area contributed by atoms with Crippen molar-refractivity contribution in [1.29, 1.82) is 0 Å². The van der Waals surface area contributed by atoms with Crippen molar-refractivity contribution in [1.82, 2.24) is 19.7 Å². The fourth-order valence-corrected chi connectivity index (χ4v) is 2.91. The van der Waals surface area contributed by atoms with Gasteiger partial charge in [0.15, 0.2) is 0 Å². The van der Waals surface area contributed by atoms with Gasteiger partial charge in [-0.15, -0.1) is 0 Å². The van der Waals surface area contributed by atoms with Crippen LogP contribution in [0.2, 0.25) is 0 Å². The summed E-state index contributed by atoms with van der Waals surface area (Å²) in [6, 6.07) is 15.7. The Labute approximate surface area is 156 Å². The molecule has 1 amide bonds. The first-order valence-electron chi connectivity index (χ1n) is 8.77. The summed E-state index contributed by atoms with van der Waals surface area (Å²) in [5.41, 5.74) is 3.71. The molecule has 0 atom stereocenters. The second-order valence-corrected chi connectivity index (χ2v) is 6.40. The van der Waals surface area contributed by atoms with E-state index in [2.05, 4.69) is 20.4 Å². The zero-order valence-corrected chi connectivity index (χ0v) is 15.0. The molecule has 6 nitrogen and oxygen atoms in total. The molecule has 27 heavy (non-hydrogen) atoms. The van der Waals surface area contributed by atoms with Crippen LogP contribution in [0.1, 0.15) is 12.0 Å². The number of hydrogen-bond acceptors (Lipinski definition) is 4. The summed E-state index contributed by atoms with van der Waals surface area (Å²) in [6.07, 6.45) is 6.53. The highest BCUT2D eigenvalue weighted by Crippen LogP contribution is 2.21. The van der Waals surface area contributed by atoms with E-state index < -0.39 is 0 Å². The Balaban J connectivity index is 1.49. The van der Waals surface area contributed by atoms with Gasteiger partial charge in [0.05, 0.1) is 17.4 Å². The van der Waals surface area contributed by atoms with Gasteiger partial charge in [0, 0.05) is 42.9 Å². The smallest absolute Gasteiger partial charge is 0.225 e. The Morgan fingerprint density at radius 2 is 1.96 bits per heavy atom. The van der Waals surface area contributed by atoms with Crippen molar-refractivity contribution in [3.8, 4) is 11.3 Å². The lowest BCUT2D eigenvalue weighted by Gasteiger charge is -2.06. The summed E-state index contributed by atoms with van der Waals surface area (Å²) in [6.45, 7) is 0. The van der Waals surface area contributed by atoms with Gasteiger partial charge < -0.3 is 5.32 Å². The van der Waals surface area contributed by atoms with Crippen LogP contribution in [-0.2, 0) is 18.3 Å². The van der Waals surface area contributed by atoms with Gasteiger partial charge in [-0.1, -0.05) is 30.3 Å². The Hall–Kier alpha value is -3.54. The van der Waals surface area contributed by atoms with Crippen LogP contribution in [-0.4, -0.2) is 25.7 Å². The molecule has 0 aliphatic heterocycles. The maximum atomic E-state index is 12.2. The van der Waals surface area contributed by atoms with Gasteiger partial charge in [-0.3, -0.25) is 9.48 Å². The van der Waals surface area contributed by atoms with E-state index in [9.17, 15) is 4.79 Å². The molecule has 0 saturated heterocycles. The third-order valence-corrected chi connectivity index (χ3v) is 4.33. The lowest BCUT2D eigenvalue weighted by atomic mass is 10.1. The molecular formula is C21H19N5O. The number of amides is 1. The van der Waals surface area contributed by atoms with Crippen LogP contribution in [0.5, 0.6) is 0 Å². The number of nitrogens with one attached hydrogen (secondary N) is 1. The second kappa shape index (κ2) is 7.37. The number of carbonyl (C=O) groups excluding carboxylic acids is 1. The number of carbonyl (C=O) groups is 1. The fraction of sp³-hybridized carbons (Fsp3) is 0.143. The number of aryl methyl sites for hydroxylation is 2. The highest BCUT2D eigenvalue weighted by Gasteiger charge is 2.08. The molecular weight excluding hydrogens is 338 g/mol. The van der Waals surface area contributed by atoms with Crippen LogP contribution in [0.3, 0.4) is 0 Å². The van der Waals surface area contributed by atoms with Crippen molar-refractivity contribution in [2.45, 2.75) is 12.8 Å².